The van der Waals surface area contributed by atoms with Gasteiger partial charge in [0.1, 0.15) is 5.82 Å². The Morgan fingerprint density at radius 2 is 1.81 bits per heavy atom. The van der Waals surface area contributed by atoms with Crippen molar-refractivity contribution in [2.75, 3.05) is 18.6 Å². The third kappa shape index (κ3) is 3.18. The number of carbonyl (C=O) groups excluding carboxylic acids is 1. The summed E-state index contributed by atoms with van der Waals surface area (Å²) in [6, 6.07) is 9.61. The summed E-state index contributed by atoms with van der Waals surface area (Å²) < 4.78 is 31.5. The highest BCUT2D eigenvalue weighted by Crippen LogP contribution is 2.21. The molecule has 0 radical (unpaired) electrons. The first-order valence-electron chi connectivity index (χ1n) is 6.47. The van der Waals surface area contributed by atoms with Crippen LogP contribution in [0, 0.1) is 11.6 Å². The maximum atomic E-state index is 13.7. The first kappa shape index (κ1) is 15.0. The summed E-state index contributed by atoms with van der Waals surface area (Å²) in [5.74, 6) is -1.25. The Morgan fingerprint density at radius 1 is 1.14 bits per heavy atom. The van der Waals surface area contributed by atoms with E-state index in [2.05, 4.69) is 0 Å². The van der Waals surface area contributed by atoms with Gasteiger partial charge in [-0.05, 0) is 49.4 Å². The SMILES string of the molecule is CCN(C(=O)c1ccc(OC)c(F)c1)c1ccc(F)cc1. The second kappa shape index (κ2) is 6.35. The number of methoxy groups -OCH3 is 1. The fourth-order valence-electron chi connectivity index (χ4n) is 2.02. The number of anilines is 1. The summed E-state index contributed by atoms with van der Waals surface area (Å²) >= 11 is 0. The minimum atomic E-state index is -0.599. The van der Waals surface area contributed by atoms with Crippen LogP contribution < -0.4 is 9.64 Å². The van der Waals surface area contributed by atoms with Gasteiger partial charge in [0, 0.05) is 17.8 Å². The zero-order valence-electron chi connectivity index (χ0n) is 11.8. The summed E-state index contributed by atoms with van der Waals surface area (Å²) in [6.45, 7) is 2.18. The van der Waals surface area contributed by atoms with Crippen LogP contribution in [0.15, 0.2) is 42.5 Å². The van der Waals surface area contributed by atoms with Crippen LogP contribution in [-0.4, -0.2) is 19.6 Å². The van der Waals surface area contributed by atoms with Crippen LogP contribution in [0.2, 0.25) is 0 Å². The van der Waals surface area contributed by atoms with Gasteiger partial charge in [0.05, 0.1) is 7.11 Å². The Balaban J connectivity index is 2.32. The van der Waals surface area contributed by atoms with E-state index in [1.54, 1.807) is 6.92 Å². The maximum absolute atomic E-state index is 13.7. The largest absolute Gasteiger partial charge is 0.494 e. The highest BCUT2D eigenvalue weighted by atomic mass is 19.1. The number of amides is 1. The van der Waals surface area contributed by atoms with E-state index >= 15 is 0 Å². The molecule has 0 heterocycles. The lowest BCUT2D eigenvalue weighted by Gasteiger charge is -2.21. The fraction of sp³-hybridized carbons (Fsp3) is 0.188. The van der Waals surface area contributed by atoms with Gasteiger partial charge >= 0.3 is 0 Å². The lowest BCUT2D eigenvalue weighted by atomic mass is 10.1. The number of halogens is 2. The van der Waals surface area contributed by atoms with Gasteiger partial charge in [-0.1, -0.05) is 0 Å². The van der Waals surface area contributed by atoms with Gasteiger partial charge in [-0.25, -0.2) is 8.78 Å². The van der Waals surface area contributed by atoms with E-state index in [1.165, 1.54) is 48.4 Å². The zero-order valence-corrected chi connectivity index (χ0v) is 11.8. The molecule has 0 fully saturated rings. The molecule has 2 aromatic carbocycles. The number of carbonyl (C=O) groups is 1. The average Bonchev–Trinajstić information content (AvgIpc) is 2.49. The van der Waals surface area contributed by atoms with Crippen molar-refractivity contribution in [1.82, 2.24) is 0 Å². The normalized spacial score (nSPS) is 10.3. The molecule has 0 saturated heterocycles. The first-order valence-corrected chi connectivity index (χ1v) is 6.47. The minimum absolute atomic E-state index is 0.0800. The molecular formula is C16H15F2NO2. The van der Waals surface area contributed by atoms with Crippen molar-refractivity contribution in [3.8, 4) is 5.75 Å². The van der Waals surface area contributed by atoms with Crippen LogP contribution in [0.5, 0.6) is 5.75 Å². The molecular weight excluding hydrogens is 276 g/mol. The second-order valence-corrected chi connectivity index (χ2v) is 4.38. The van der Waals surface area contributed by atoms with Crippen LogP contribution in [0.4, 0.5) is 14.5 Å². The Hall–Kier alpha value is -2.43. The van der Waals surface area contributed by atoms with Gasteiger partial charge in [0.15, 0.2) is 11.6 Å². The van der Waals surface area contributed by atoms with Crippen LogP contribution in [0.25, 0.3) is 0 Å². The Morgan fingerprint density at radius 3 is 2.33 bits per heavy atom. The number of benzene rings is 2. The number of ether oxygens (including phenoxy) is 1. The lowest BCUT2D eigenvalue weighted by molar-refractivity contribution is 0.0988. The van der Waals surface area contributed by atoms with Gasteiger partial charge in [-0.3, -0.25) is 4.79 Å². The molecule has 0 N–H and O–H groups in total. The van der Waals surface area contributed by atoms with E-state index < -0.39 is 5.82 Å². The van der Waals surface area contributed by atoms with E-state index in [-0.39, 0.29) is 23.0 Å². The van der Waals surface area contributed by atoms with Gasteiger partial charge < -0.3 is 9.64 Å². The van der Waals surface area contributed by atoms with E-state index in [1.807, 2.05) is 0 Å². The Labute approximate surface area is 121 Å². The van der Waals surface area contributed by atoms with Gasteiger partial charge in [0.25, 0.3) is 5.91 Å². The van der Waals surface area contributed by atoms with Crippen molar-refractivity contribution in [2.24, 2.45) is 0 Å². The highest BCUT2D eigenvalue weighted by molar-refractivity contribution is 6.06. The molecule has 0 spiro atoms. The summed E-state index contributed by atoms with van der Waals surface area (Å²) in [7, 11) is 1.36. The maximum Gasteiger partial charge on any atom is 0.258 e. The van der Waals surface area contributed by atoms with Gasteiger partial charge in [-0.2, -0.15) is 0 Å². The van der Waals surface area contributed by atoms with Crippen LogP contribution in [0.3, 0.4) is 0 Å². The fourth-order valence-corrected chi connectivity index (χ4v) is 2.02. The molecule has 0 saturated carbocycles. The van der Waals surface area contributed by atoms with Crippen LogP contribution >= 0.6 is 0 Å². The molecule has 0 atom stereocenters. The smallest absolute Gasteiger partial charge is 0.258 e. The molecule has 2 rings (SSSR count). The second-order valence-electron chi connectivity index (χ2n) is 4.38. The third-order valence-corrected chi connectivity index (χ3v) is 3.10. The molecule has 0 aliphatic carbocycles. The average molecular weight is 291 g/mol. The molecule has 5 heteroatoms. The van der Waals surface area contributed by atoms with Crippen molar-refractivity contribution < 1.29 is 18.3 Å². The van der Waals surface area contributed by atoms with E-state index in [9.17, 15) is 13.6 Å². The predicted octanol–water partition coefficient (Wildman–Crippen LogP) is 3.64. The molecule has 1 amide bonds. The molecule has 2 aromatic rings. The van der Waals surface area contributed by atoms with Crippen molar-refractivity contribution in [1.29, 1.82) is 0 Å². The van der Waals surface area contributed by atoms with Crippen molar-refractivity contribution >= 4 is 11.6 Å². The monoisotopic (exact) mass is 291 g/mol. The van der Waals surface area contributed by atoms with Crippen molar-refractivity contribution in [3.05, 3.63) is 59.7 Å². The van der Waals surface area contributed by atoms with Gasteiger partial charge in [0.2, 0.25) is 0 Å². The zero-order chi connectivity index (χ0) is 15.4. The molecule has 0 aliphatic heterocycles. The minimum Gasteiger partial charge on any atom is -0.494 e. The van der Waals surface area contributed by atoms with E-state index in [4.69, 9.17) is 4.74 Å². The third-order valence-electron chi connectivity index (χ3n) is 3.10. The molecule has 0 bridgehead atoms. The Bertz CT molecular complexity index is 641. The van der Waals surface area contributed by atoms with Gasteiger partial charge in [-0.15, -0.1) is 0 Å². The molecule has 0 unspecified atom stereocenters. The quantitative estimate of drug-likeness (QED) is 0.860. The van der Waals surface area contributed by atoms with Crippen LogP contribution in [-0.2, 0) is 0 Å². The molecule has 110 valence electrons. The topological polar surface area (TPSA) is 29.5 Å². The standard InChI is InChI=1S/C16H15F2NO2/c1-3-19(13-7-5-12(17)6-8-13)16(20)11-4-9-15(21-2)14(18)10-11/h4-10H,3H2,1-2H3. The summed E-state index contributed by atoms with van der Waals surface area (Å²) in [5.41, 5.74) is 0.764. The van der Waals surface area contributed by atoms with Crippen LogP contribution in [0.1, 0.15) is 17.3 Å². The van der Waals surface area contributed by atoms with Crippen molar-refractivity contribution in [3.63, 3.8) is 0 Å². The number of hydrogen-bond donors (Lipinski definition) is 0. The van der Waals surface area contributed by atoms with Crippen molar-refractivity contribution in [2.45, 2.75) is 6.92 Å². The summed E-state index contributed by atoms with van der Waals surface area (Å²) in [5, 5.41) is 0. The number of rotatable bonds is 4. The Kier molecular flexibility index (Phi) is 4.52. The molecule has 0 aromatic heterocycles. The number of nitrogens with zero attached hydrogens (tertiary/aromatic N) is 1. The molecule has 3 nitrogen and oxygen atoms in total. The lowest BCUT2D eigenvalue weighted by Crippen LogP contribution is -2.30. The van der Waals surface area contributed by atoms with E-state index in [0.29, 0.717) is 12.2 Å². The highest BCUT2D eigenvalue weighted by Gasteiger charge is 2.17. The van der Waals surface area contributed by atoms with E-state index in [0.717, 1.165) is 6.07 Å². The molecule has 0 aliphatic rings. The predicted molar refractivity (Wildman–Crippen MR) is 76.7 cm³/mol. The first-order chi connectivity index (χ1) is 10.1. The summed E-state index contributed by atoms with van der Waals surface area (Å²) in [4.78, 5) is 13.9. The summed E-state index contributed by atoms with van der Waals surface area (Å²) in [6.07, 6.45) is 0. The molecule has 21 heavy (non-hydrogen) atoms. The number of hydrogen-bond acceptors (Lipinski definition) is 2.